The highest BCUT2D eigenvalue weighted by molar-refractivity contribution is 6.46. The van der Waals surface area contributed by atoms with Gasteiger partial charge in [-0.15, -0.1) is 0 Å². The molecule has 1 atom stereocenters. The van der Waals surface area contributed by atoms with Gasteiger partial charge in [-0.1, -0.05) is 66.2 Å². The molecule has 1 fully saturated rings. The number of ketones is 1. The number of aliphatic hydroxyl groups is 1. The Morgan fingerprint density at radius 1 is 0.941 bits per heavy atom. The number of carbonyl (C=O) groups is 2. The first kappa shape index (κ1) is 21.6. The van der Waals surface area contributed by atoms with Crippen molar-refractivity contribution >= 4 is 28.2 Å². The Balaban J connectivity index is 1.66. The lowest BCUT2D eigenvalue weighted by atomic mass is 9.95. The number of nitrogens with zero attached hydrogens (tertiary/aromatic N) is 2. The number of hydrogen-bond acceptors (Lipinski definition) is 4. The molecule has 3 aromatic carbocycles. The van der Waals surface area contributed by atoms with Crippen molar-refractivity contribution in [2.24, 2.45) is 0 Å². The van der Waals surface area contributed by atoms with Gasteiger partial charge in [-0.25, -0.2) is 0 Å². The average Bonchev–Trinajstić information content (AvgIpc) is 3.11. The van der Waals surface area contributed by atoms with E-state index < -0.39 is 17.7 Å². The minimum atomic E-state index is -0.736. The molecule has 34 heavy (non-hydrogen) atoms. The Kier molecular flexibility index (Phi) is 5.46. The lowest BCUT2D eigenvalue weighted by Crippen LogP contribution is -2.29. The summed E-state index contributed by atoms with van der Waals surface area (Å²) in [6, 6.07) is 22.2. The molecule has 1 amide bonds. The Labute approximate surface area is 198 Å². The van der Waals surface area contributed by atoms with Crippen LogP contribution in [-0.2, 0) is 16.1 Å². The number of rotatable bonds is 4. The van der Waals surface area contributed by atoms with Crippen LogP contribution in [0.2, 0.25) is 0 Å². The van der Waals surface area contributed by atoms with Gasteiger partial charge in [0.25, 0.3) is 11.7 Å². The Bertz CT molecular complexity index is 1460. The molecule has 5 nitrogen and oxygen atoms in total. The fourth-order valence-electron chi connectivity index (χ4n) is 4.57. The predicted molar refractivity (Wildman–Crippen MR) is 132 cm³/mol. The van der Waals surface area contributed by atoms with Gasteiger partial charge in [-0.2, -0.15) is 0 Å². The summed E-state index contributed by atoms with van der Waals surface area (Å²) in [5.74, 6) is -1.50. The molecule has 0 saturated carbocycles. The van der Waals surface area contributed by atoms with Gasteiger partial charge in [0.05, 0.1) is 11.6 Å². The van der Waals surface area contributed by atoms with Crippen LogP contribution in [-0.4, -0.2) is 26.7 Å². The van der Waals surface area contributed by atoms with Crippen LogP contribution in [0.25, 0.3) is 16.5 Å². The second-order valence-corrected chi connectivity index (χ2v) is 8.71. The summed E-state index contributed by atoms with van der Waals surface area (Å²) in [6.45, 7) is 4.24. The quantitative estimate of drug-likeness (QED) is 0.255. The van der Waals surface area contributed by atoms with Gasteiger partial charge >= 0.3 is 0 Å². The van der Waals surface area contributed by atoms with Crippen molar-refractivity contribution < 1.29 is 14.7 Å². The van der Waals surface area contributed by atoms with Crippen LogP contribution in [0.15, 0.2) is 90.8 Å². The van der Waals surface area contributed by atoms with Crippen molar-refractivity contribution in [3.05, 3.63) is 119 Å². The fourth-order valence-corrected chi connectivity index (χ4v) is 4.57. The third-order valence-corrected chi connectivity index (χ3v) is 6.41. The molecule has 4 aromatic rings. The smallest absolute Gasteiger partial charge is 0.295 e. The normalized spacial score (nSPS) is 17.5. The molecule has 1 aliphatic heterocycles. The fraction of sp³-hybridized carbons (Fsp3) is 0.138. The van der Waals surface area contributed by atoms with Crippen LogP contribution in [0.4, 0.5) is 0 Å². The van der Waals surface area contributed by atoms with Gasteiger partial charge in [0.2, 0.25) is 0 Å². The van der Waals surface area contributed by atoms with Crippen molar-refractivity contribution in [3.8, 4) is 0 Å². The minimum absolute atomic E-state index is 0.0820. The molecular weight excluding hydrogens is 424 g/mol. The number of aromatic nitrogens is 1. The van der Waals surface area contributed by atoms with Crippen LogP contribution in [0, 0.1) is 13.8 Å². The number of hydrogen-bond donors (Lipinski definition) is 1. The molecule has 1 N–H and O–H groups in total. The number of pyridine rings is 1. The third kappa shape index (κ3) is 3.75. The summed E-state index contributed by atoms with van der Waals surface area (Å²) in [4.78, 5) is 32.3. The number of aliphatic hydroxyl groups excluding tert-OH is 1. The van der Waals surface area contributed by atoms with E-state index in [1.807, 2.05) is 74.5 Å². The molecule has 5 heteroatoms. The van der Waals surface area contributed by atoms with Gasteiger partial charge in [0, 0.05) is 24.5 Å². The molecule has 1 aromatic heterocycles. The highest BCUT2D eigenvalue weighted by Crippen LogP contribution is 2.40. The van der Waals surface area contributed by atoms with E-state index in [2.05, 4.69) is 4.98 Å². The van der Waals surface area contributed by atoms with Crippen LogP contribution in [0.3, 0.4) is 0 Å². The van der Waals surface area contributed by atoms with Crippen molar-refractivity contribution in [2.75, 3.05) is 0 Å². The summed E-state index contributed by atoms with van der Waals surface area (Å²) in [5.41, 5.74) is 4.32. The molecule has 0 spiro atoms. The summed E-state index contributed by atoms with van der Waals surface area (Å²) >= 11 is 0. The molecule has 2 heterocycles. The van der Waals surface area contributed by atoms with E-state index in [0.29, 0.717) is 11.1 Å². The molecular formula is C29H24N2O3. The Morgan fingerprint density at radius 2 is 1.74 bits per heavy atom. The molecule has 1 aliphatic rings. The van der Waals surface area contributed by atoms with Crippen molar-refractivity contribution in [3.63, 3.8) is 0 Å². The zero-order valence-corrected chi connectivity index (χ0v) is 19.0. The number of fused-ring (bicyclic) bond motifs is 1. The van der Waals surface area contributed by atoms with Crippen LogP contribution in [0.5, 0.6) is 0 Å². The SMILES string of the molecule is Cc1ccc(C)c(CN2C(=O)C(=O)/C(=C(\O)c3ccc4ccccc4c3)C2c2cccnc2)c1. The van der Waals surface area contributed by atoms with E-state index in [1.54, 1.807) is 24.5 Å². The van der Waals surface area contributed by atoms with Gasteiger partial charge in [-0.05, 0) is 53.4 Å². The first-order valence-electron chi connectivity index (χ1n) is 11.2. The van der Waals surface area contributed by atoms with Gasteiger partial charge in [0.1, 0.15) is 5.76 Å². The largest absolute Gasteiger partial charge is 0.507 e. The van der Waals surface area contributed by atoms with Gasteiger partial charge in [0.15, 0.2) is 0 Å². The monoisotopic (exact) mass is 448 g/mol. The number of Topliss-reactive ketones (excluding diaryl/α,β-unsaturated/α-hetero) is 1. The highest BCUT2D eigenvalue weighted by atomic mass is 16.3. The number of benzene rings is 3. The lowest BCUT2D eigenvalue weighted by molar-refractivity contribution is -0.140. The molecule has 0 aliphatic carbocycles. The molecule has 5 rings (SSSR count). The molecule has 1 unspecified atom stereocenters. The zero-order valence-electron chi connectivity index (χ0n) is 19.0. The first-order chi connectivity index (χ1) is 16.4. The standard InChI is InChI=1S/C29H24N2O3/c1-18-9-10-19(2)24(14-18)17-31-26(23-8-5-13-30-16-23)25(28(33)29(31)34)27(32)22-12-11-20-6-3-4-7-21(20)15-22/h3-16,26,32H,17H2,1-2H3/b27-25-. The zero-order chi connectivity index (χ0) is 23.8. The third-order valence-electron chi connectivity index (χ3n) is 6.41. The van der Waals surface area contributed by atoms with E-state index >= 15 is 0 Å². The van der Waals surface area contributed by atoms with E-state index in [1.165, 1.54) is 4.90 Å². The second-order valence-electron chi connectivity index (χ2n) is 8.71. The average molecular weight is 449 g/mol. The molecule has 1 saturated heterocycles. The summed E-state index contributed by atoms with van der Waals surface area (Å²) in [6.07, 6.45) is 3.28. The number of amides is 1. The molecule has 0 bridgehead atoms. The maximum Gasteiger partial charge on any atom is 0.295 e. The van der Waals surface area contributed by atoms with E-state index in [9.17, 15) is 14.7 Å². The van der Waals surface area contributed by atoms with Crippen molar-refractivity contribution in [1.29, 1.82) is 0 Å². The molecule has 0 radical (unpaired) electrons. The lowest BCUT2D eigenvalue weighted by Gasteiger charge is -2.26. The summed E-state index contributed by atoms with van der Waals surface area (Å²) in [5, 5.41) is 13.3. The first-order valence-corrected chi connectivity index (χ1v) is 11.2. The minimum Gasteiger partial charge on any atom is -0.507 e. The Hall–Kier alpha value is -4.25. The number of aryl methyl sites for hydroxylation is 2. The predicted octanol–water partition coefficient (Wildman–Crippen LogP) is 5.47. The van der Waals surface area contributed by atoms with Gasteiger partial charge in [-0.3, -0.25) is 14.6 Å². The van der Waals surface area contributed by atoms with E-state index in [0.717, 1.165) is 27.5 Å². The van der Waals surface area contributed by atoms with Crippen LogP contribution >= 0.6 is 0 Å². The van der Waals surface area contributed by atoms with Crippen molar-refractivity contribution in [1.82, 2.24) is 9.88 Å². The second kappa shape index (κ2) is 8.60. The molecule has 168 valence electrons. The number of carbonyl (C=O) groups excluding carboxylic acids is 2. The van der Waals surface area contributed by atoms with Crippen LogP contribution < -0.4 is 0 Å². The van der Waals surface area contributed by atoms with E-state index in [4.69, 9.17) is 0 Å². The van der Waals surface area contributed by atoms with E-state index in [-0.39, 0.29) is 17.9 Å². The summed E-state index contributed by atoms with van der Waals surface area (Å²) < 4.78 is 0. The topological polar surface area (TPSA) is 70.5 Å². The van der Waals surface area contributed by atoms with Gasteiger partial charge < -0.3 is 10.0 Å². The summed E-state index contributed by atoms with van der Waals surface area (Å²) in [7, 11) is 0. The number of likely N-dealkylation sites (tertiary alicyclic amines) is 1. The van der Waals surface area contributed by atoms with Crippen LogP contribution in [0.1, 0.15) is 33.9 Å². The maximum absolute atomic E-state index is 13.3. The van der Waals surface area contributed by atoms with Crippen molar-refractivity contribution in [2.45, 2.75) is 26.4 Å². The Morgan fingerprint density at radius 3 is 2.50 bits per heavy atom. The highest BCUT2D eigenvalue weighted by Gasteiger charge is 2.46. The maximum atomic E-state index is 13.3.